The fourth-order valence-corrected chi connectivity index (χ4v) is 4.81. The van der Waals surface area contributed by atoms with Crippen LogP contribution in [0.3, 0.4) is 0 Å². The Morgan fingerprint density at radius 3 is 2.79 bits per heavy atom. The maximum Gasteiger partial charge on any atom is 0.243 e. The van der Waals surface area contributed by atoms with Gasteiger partial charge in [0.25, 0.3) is 0 Å². The van der Waals surface area contributed by atoms with Crippen LogP contribution >= 0.6 is 0 Å². The quantitative estimate of drug-likeness (QED) is 0.802. The average Bonchev–Trinajstić information content (AvgIpc) is 3.07. The predicted octanol–water partition coefficient (Wildman–Crippen LogP) is 0.686. The summed E-state index contributed by atoms with van der Waals surface area (Å²) in [6, 6.07) is 4.93. The van der Waals surface area contributed by atoms with Crippen molar-refractivity contribution in [2.45, 2.75) is 24.3 Å². The van der Waals surface area contributed by atoms with Crippen LogP contribution < -0.4 is 4.90 Å². The van der Waals surface area contributed by atoms with Gasteiger partial charge < -0.3 is 9.47 Å². The maximum absolute atomic E-state index is 13.0. The molecular weight excluding hydrogens is 328 g/mol. The number of aromatic nitrogens is 2. The van der Waals surface area contributed by atoms with Gasteiger partial charge >= 0.3 is 0 Å². The van der Waals surface area contributed by atoms with Crippen molar-refractivity contribution in [1.29, 1.82) is 0 Å². The van der Waals surface area contributed by atoms with E-state index in [4.69, 9.17) is 0 Å². The first-order chi connectivity index (χ1) is 11.4. The maximum atomic E-state index is 13.0. The number of sulfonamides is 1. The molecule has 0 N–H and O–H groups in total. The summed E-state index contributed by atoms with van der Waals surface area (Å²) in [5, 5.41) is 0. The third-order valence-electron chi connectivity index (χ3n) is 4.84. The summed E-state index contributed by atoms with van der Waals surface area (Å²) in [6.07, 6.45) is 2.58. The van der Waals surface area contributed by atoms with Crippen LogP contribution in [0.15, 0.2) is 29.4 Å². The first-order valence-electron chi connectivity index (χ1n) is 7.76. The van der Waals surface area contributed by atoms with Gasteiger partial charge in [-0.15, -0.1) is 0 Å². The van der Waals surface area contributed by atoms with Crippen molar-refractivity contribution in [3.05, 3.63) is 41.5 Å². The minimum atomic E-state index is -3.59. The number of carbonyl (C=O) groups is 1. The molecule has 2 aromatic rings. The Morgan fingerprint density at radius 1 is 1.21 bits per heavy atom. The summed E-state index contributed by atoms with van der Waals surface area (Å²) >= 11 is 0. The molecule has 0 saturated heterocycles. The van der Waals surface area contributed by atoms with Crippen LogP contribution in [0.25, 0.3) is 0 Å². The zero-order valence-corrected chi connectivity index (χ0v) is 14.4. The lowest BCUT2D eigenvalue weighted by atomic mass is 10.2. The standard InChI is InChI=1S/C16H18N4O3S/c1-18-10-17-13-5-6-20(9-15(13)18)24(22,23)12-3-4-14-11(7-12)8-16(21)19(14)2/h3-4,7,10H,5-6,8-9H2,1-2H3. The Hall–Kier alpha value is -2.19. The zero-order valence-electron chi connectivity index (χ0n) is 13.6. The van der Waals surface area contributed by atoms with Crippen molar-refractivity contribution in [3.63, 3.8) is 0 Å². The third-order valence-corrected chi connectivity index (χ3v) is 6.68. The summed E-state index contributed by atoms with van der Waals surface area (Å²) in [5.41, 5.74) is 3.44. The number of likely N-dealkylation sites (N-methyl/N-ethyl adjacent to an activating group) is 1. The highest BCUT2D eigenvalue weighted by molar-refractivity contribution is 7.89. The highest BCUT2D eigenvalue weighted by Crippen LogP contribution is 2.31. The van der Waals surface area contributed by atoms with E-state index in [9.17, 15) is 13.2 Å². The number of hydrogen-bond acceptors (Lipinski definition) is 4. The summed E-state index contributed by atoms with van der Waals surface area (Å²) in [4.78, 5) is 17.9. The molecule has 8 heteroatoms. The smallest absolute Gasteiger partial charge is 0.243 e. The molecule has 1 aromatic heterocycles. The van der Waals surface area contributed by atoms with Crippen molar-refractivity contribution in [3.8, 4) is 0 Å². The predicted molar refractivity (Wildman–Crippen MR) is 88.1 cm³/mol. The van der Waals surface area contributed by atoms with Gasteiger partial charge in [-0.1, -0.05) is 0 Å². The third kappa shape index (κ3) is 2.17. The molecule has 0 radical (unpaired) electrons. The molecule has 126 valence electrons. The molecule has 0 saturated carbocycles. The van der Waals surface area contributed by atoms with Gasteiger partial charge in [0.1, 0.15) is 0 Å². The highest BCUT2D eigenvalue weighted by atomic mass is 32.2. The number of rotatable bonds is 2. The van der Waals surface area contributed by atoms with E-state index >= 15 is 0 Å². The number of anilines is 1. The van der Waals surface area contributed by atoms with Crippen LogP contribution in [0.5, 0.6) is 0 Å². The molecule has 2 aliphatic rings. The lowest BCUT2D eigenvalue weighted by Crippen LogP contribution is -2.36. The van der Waals surface area contributed by atoms with Gasteiger partial charge in [0.2, 0.25) is 15.9 Å². The molecule has 3 heterocycles. The normalized spacial score (nSPS) is 17.9. The van der Waals surface area contributed by atoms with Crippen molar-refractivity contribution in [2.24, 2.45) is 7.05 Å². The Balaban J connectivity index is 1.68. The van der Waals surface area contributed by atoms with Gasteiger partial charge in [0.15, 0.2) is 0 Å². The lowest BCUT2D eigenvalue weighted by Gasteiger charge is -2.26. The Kier molecular flexibility index (Phi) is 3.29. The molecule has 7 nitrogen and oxygen atoms in total. The molecule has 0 fully saturated rings. The largest absolute Gasteiger partial charge is 0.336 e. The lowest BCUT2D eigenvalue weighted by molar-refractivity contribution is -0.117. The van der Waals surface area contributed by atoms with E-state index < -0.39 is 10.0 Å². The number of imidazole rings is 1. The van der Waals surface area contributed by atoms with E-state index in [2.05, 4.69) is 4.98 Å². The summed E-state index contributed by atoms with van der Waals surface area (Å²) in [7, 11) is -0.0145. The van der Waals surface area contributed by atoms with Crippen molar-refractivity contribution >= 4 is 21.6 Å². The summed E-state index contributed by atoms with van der Waals surface area (Å²) in [5.74, 6) is -0.0166. The van der Waals surface area contributed by atoms with Crippen LogP contribution in [0, 0.1) is 0 Å². The highest BCUT2D eigenvalue weighted by Gasteiger charge is 2.32. The Labute approximate surface area is 140 Å². The van der Waals surface area contributed by atoms with E-state index in [0.717, 1.165) is 22.6 Å². The van der Waals surface area contributed by atoms with E-state index in [0.29, 0.717) is 19.5 Å². The minimum absolute atomic E-state index is 0.0166. The van der Waals surface area contributed by atoms with E-state index in [-0.39, 0.29) is 17.2 Å². The summed E-state index contributed by atoms with van der Waals surface area (Å²) in [6.45, 7) is 0.742. The van der Waals surface area contributed by atoms with Crippen molar-refractivity contribution < 1.29 is 13.2 Å². The summed E-state index contributed by atoms with van der Waals surface area (Å²) < 4.78 is 29.3. The molecule has 0 bridgehead atoms. The topological polar surface area (TPSA) is 75.5 Å². The molecule has 1 amide bonds. The second-order valence-corrected chi connectivity index (χ2v) is 8.20. The second kappa shape index (κ2) is 5.15. The van der Waals surface area contributed by atoms with Crippen LogP contribution in [0.2, 0.25) is 0 Å². The molecule has 2 aliphatic heterocycles. The molecule has 0 spiro atoms. The number of benzene rings is 1. The number of hydrogen-bond donors (Lipinski definition) is 0. The first kappa shape index (κ1) is 15.3. The van der Waals surface area contributed by atoms with Crippen LogP contribution in [0.4, 0.5) is 5.69 Å². The molecule has 0 unspecified atom stereocenters. The molecule has 4 rings (SSSR count). The van der Waals surface area contributed by atoms with Crippen molar-refractivity contribution in [2.75, 3.05) is 18.5 Å². The molecule has 24 heavy (non-hydrogen) atoms. The fraction of sp³-hybridized carbons (Fsp3) is 0.375. The minimum Gasteiger partial charge on any atom is -0.336 e. The Bertz CT molecular complexity index is 948. The molecular formula is C16H18N4O3S. The average molecular weight is 346 g/mol. The molecule has 0 aliphatic carbocycles. The van der Waals surface area contributed by atoms with Crippen molar-refractivity contribution in [1.82, 2.24) is 13.9 Å². The SMILES string of the molecule is CN1C(=O)Cc2cc(S(=O)(=O)N3CCc4ncn(C)c4C3)ccc21. The van der Waals surface area contributed by atoms with Gasteiger partial charge in [-0.3, -0.25) is 4.79 Å². The Morgan fingerprint density at radius 2 is 2.00 bits per heavy atom. The molecule has 1 aromatic carbocycles. The van der Waals surface area contributed by atoms with E-state index in [1.165, 1.54) is 4.31 Å². The van der Waals surface area contributed by atoms with Crippen LogP contribution in [-0.4, -0.2) is 41.8 Å². The van der Waals surface area contributed by atoms with E-state index in [1.54, 1.807) is 36.5 Å². The molecule has 0 atom stereocenters. The number of aryl methyl sites for hydroxylation is 1. The van der Waals surface area contributed by atoms with Crippen LogP contribution in [0.1, 0.15) is 17.0 Å². The number of fused-ring (bicyclic) bond motifs is 2. The second-order valence-electron chi connectivity index (χ2n) is 6.26. The van der Waals surface area contributed by atoms with Gasteiger partial charge in [0.05, 0.1) is 35.6 Å². The van der Waals surface area contributed by atoms with Gasteiger partial charge in [0, 0.05) is 32.7 Å². The first-order valence-corrected chi connectivity index (χ1v) is 9.20. The van der Waals surface area contributed by atoms with E-state index in [1.807, 2.05) is 11.6 Å². The number of nitrogens with zero attached hydrogens (tertiary/aromatic N) is 4. The monoisotopic (exact) mass is 346 g/mol. The fourth-order valence-electron chi connectivity index (χ4n) is 3.35. The zero-order chi connectivity index (χ0) is 17.1. The van der Waals surface area contributed by atoms with Crippen LogP contribution in [-0.2, 0) is 41.3 Å². The van der Waals surface area contributed by atoms with Gasteiger partial charge in [-0.05, 0) is 23.8 Å². The van der Waals surface area contributed by atoms with Gasteiger partial charge in [-0.25, -0.2) is 13.4 Å². The van der Waals surface area contributed by atoms with Gasteiger partial charge in [-0.2, -0.15) is 4.31 Å². The number of carbonyl (C=O) groups excluding carboxylic acids is 1. The number of amides is 1.